The maximum Gasteiger partial charge on any atom is 0.279 e. The summed E-state index contributed by atoms with van der Waals surface area (Å²) in [7, 11) is 0. The predicted molar refractivity (Wildman–Crippen MR) is 93.5 cm³/mol. The van der Waals surface area contributed by atoms with Gasteiger partial charge in [0.25, 0.3) is 5.91 Å². The van der Waals surface area contributed by atoms with Crippen molar-refractivity contribution in [3.63, 3.8) is 0 Å². The van der Waals surface area contributed by atoms with Crippen LogP contribution in [0.4, 0.5) is 0 Å². The molecule has 5 heteroatoms. The van der Waals surface area contributed by atoms with Gasteiger partial charge < -0.3 is 4.74 Å². The normalized spacial score (nSPS) is 16.3. The number of nitrogens with one attached hydrogen (secondary N) is 2. The first-order chi connectivity index (χ1) is 11.5. The van der Waals surface area contributed by atoms with Crippen molar-refractivity contribution in [1.29, 1.82) is 0 Å². The number of hydrogen-bond acceptors (Lipinski definition) is 3. The summed E-state index contributed by atoms with van der Waals surface area (Å²) >= 11 is 0. The van der Waals surface area contributed by atoms with Crippen molar-refractivity contribution >= 4 is 11.8 Å². The molecule has 1 fully saturated rings. The fourth-order valence-electron chi connectivity index (χ4n) is 3.03. The lowest BCUT2D eigenvalue weighted by atomic mass is 9.87. The van der Waals surface area contributed by atoms with Gasteiger partial charge in [-0.05, 0) is 56.7 Å². The topological polar surface area (TPSA) is 67.4 Å². The summed E-state index contributed by atoms with van der Waals surface area (Å²) in [5.41, 5.74) is 7.09. The maximum absolute atomic E-state index is 12.1. The van der Waals surface area contributed by atoms with E-state index in [1.54, 1.807) is 6.92 Å². The van der Waals surface area contributed by atoms with Crippen molar-refractivity contribution in [2.24, 2.45) is 5.92 Å². The van der Waals surface area contributed by atoms with Crippen LogP contribution in [0.3, 0.4) is 0 Å². The van der Waals surface area contributed by atoms with E-state index in [-0.39, 0.29) is 11.8 Å². The molecule has 2 rings (SSSR count). The van der Waals surface area contributed by atoms with Crippen LogP contribution in [0.1, 0.15) is 56.6 Å². The Morgan fingerprint density at radius 3 is 2.58 bits per heavy atom. The minimum Gasteiger partial charge on any atom is -0.481 e. The Morgan fingerprint density at radius 1 is 1.17 bits per heavy atom. The molecule has 2 amide bonds. The van der Waals surface area contributed by atoms with Gasteiger partial charge in [-0.1, -0.05) is 31.4 Å². The summed E-state index contributed by atoms with van der Waals surface area (Å²) in [5, 5.41) is 0. The van der Waals surface area contributed by atoms with Gasteiger partial charge >= 0.3 is 0 Å². The Bertz CT molecular complexity index is 580. The summed E-state index contributed by atoms with van der Waals surface area (Å²) in [6, 6.07) is 5.74. The standard InChI is InChI=1S/C19H28N2O3/c1-13-8-7-11-17(14(13)2)24-15(3)19(23)21-20-18(22)12-16-9-5-4-6-10-16/h7-8,11,15-16H,4-6,9-10,12H2,1-3H3,(H,20,22)(H,21,23). The van der Waals surface area contributed by atoms with Gasteiger partial charge in [0.05, 0.1) is 0 Å². The van der Waals surface area contributed by atoms with Crippen LogP contribution in [-0.2, 0) is 9.59 Å². The first-order valence-electron chi connectivity index (χ1n) is 8.79. The summed E-state index contributed by atoms with van der Waals surface area (Å²) in [6.07, 6.45) is 5.67. The van der Waals surface area contributed by atoms with Crippen molar-refractivity contribution in [2.75, 3.05) is 0 Å². The average Bonchev–Trinajstić information content (AvgIpc) is 2.57. The van der Waals surface area contributed by atoms with E-state index in [0.29, 0.717) is 18.1 Å². The number of ether oxygens (including phenoxy) is 1. The zero-order valence-electron chi connectivity index (χ0n) is 14.9. The van der Waals surface area contributed by atoms with E-state index in [4.69, 9.17) is 4.74 Å². The van der Waals surface area contributed by atoms with Crippen LogP contribution in [0.15, 0.2) is 18.2 Å². The lowest BCUT2D eigenvalue weighted by Crippen LogP contribution is -2.47. The van der Waals surface area contributed by atoms with E-state index in [2.05, 4.69) is 10.9 Å². The molecule has 2 N–H and O–H groups in total. The first kappa shape index (κ1) is 18.3. The monoisotopic (exact) mass is 332 g/mol. The second-order valence-electron chi connectivity index (χ2n) is 6.70. The molecule has 1 saturated carbocycles. The van der Waals surface area contributed by atoms with Crippen LogP contribution in [0.2, 0.25) is 0 Å². The molecule has 0 radical (unpaired) electrons. The van der Waals surface area contributed by atoms with Gasteiger partial charge in [-0.25, -0.2) is 0 Å². The molecule has 1 aliphatic carbocycles. The maximum atomic E-state index is 12.1. The second-order valence-corrected chi connectivity index (χ2v) is 6.70. The summed E-state index contributed by atoms with van der Waals surface area (Å²) in [5.74, 6) is 0.646. The van der Waals surface area contributed by atoms with E-state index >= 15 is 0 Å². The van der Waals surface area contributed by atoms with Gasteiger partial charge in [-0.15, -0.1) is 0 Å². The molecule has 5 nitrogen and oxygen atoms in total. The van der Waals surface area contributed by atoms with Gasteiger partial charge in [0, 0.05) is 6.42 Å². The lowest BCUT2D eigenvalue weighted by molar-refractivity contribution is -0.133. The molecule has 0 heterocycles. The Hall–Kier alpha value is -2.04. The number of benzene rings is 1. The number of hydrogen-bond donors (Lipinski definition) is 2. The summed E-state index contributed by atoms with van der Waals surface area (Å²) in [4.78, 5) is 24.0. The molecule has 0 bridgehead atoms. The smallest absolute Gasteiger partial charge is 0.279 e. The molecule has 132 valence electrons. The van der Waals surface area contributed by atoms with E-state index in [1.165, 1.54) is 19.3 Å². The fourth-order valence-corrected chi connectivity index (χ4v) is 3.03. The van der Waals surface area contributed by atoms with Crippen LogP contribution in [0, 0.1) is 19.8 Å². The molecule has 1 aliphatic rings. The Morgan fingerprint density at radius 2 is 1.88 bits per heavy atom. The largest absolute Gasteiger partial charge is 0.481 e. The molecular weight excluding hydrogens is 304 g/mol. The van der Waals surface area contributed by atoms with E-state index in [1.807, 2.05) is 32.0 Å². The zero-order valence-corrected chi connectivity index (χ0v) is 14.9. The zero-order chi connectivity index (χ0) is 17.5. The minimum atomic E-state index is -0.680. The quantitative estimate of drug-likeness (QED) is 0.814. The van der Waals surface area contributed by atoms with Crippen LogP contribution in [0.5, 0.6) is 5.75 Å². The molecule has 0 aliphatic heterocycles. The molecule has 24 heavy (non-hydrogen) atoms. The highest BCUT2D eigenvalue weighted by molar-refractivity contribution is 5.84. The molecule has 0 saturated heterocycles. The van der Waals surface area contributed by atoms with Crippen molar-refractivity contribution in [3.05, 3.63) is 29.3 Å². The highest BCUT2D eigenvalue weighted by Crippen LogP contribution is 2.26. The Kier molecular flexibility index (Phi) is 6.64. The van der Waals surface area contributed by atoms with E-state index in [0.717, 1.165) is 24.0 Å². The third kappa shape index (κ3) is 5.25. The number of carbonyl (C=O) groups excluding carboxylic acids is 2. The van der Waals surface area contributed by atoms with Crippen molar-refractivity contribution in [1.82, 2.24) is 10.9 Å². The summed E-state index contributed by atoms with van der Waals surface area (Å²) in [6.45, 7) is 5.63. The van der Waals surface area contributed by atoms with Gasteiger partial charge in [-0.3, -0.25) is 20.4 Å². The van der Waals surface area contributed by atoms with E-state index in [9.17, 15) is 9.59 Å². The second kappa shape index (κ2) is 8.71. The third-order valence-corrected chi connectivity index (χ3v) is 4.75. The van der Waals surface area contributed by atoms with Crippen LogP contribution < -0.4 is 15.6 Å². The number of aryl methyl sites for hydroxylation is 1. The highest BCUT2D eigenvalue weighted by Gasteiger charge is 2.19. The molecule has 0 spiro atoms. The molecule has 1 aromatic carbocycles. The van der Waals surface area contributed by atoms with Gasteiger partial charge in [-0.2, -0.15) is 0 Å². The third-order valence-electron chi connectivity index (χ3n) is 4.75. The van der Waals surface area contributed by atoms with Gasteiger partial charge in [0.15, 0.2) is 6.10 Å². The average molecular weight is 332 g/mol. The number of rotatable bonds is 5. The van der Waals surface area contributed by atoms with Crippen molar-refractivity contribution < 1.29 is 14.3 Å². The molecule has 1 unspecified atom stereocenters. The van der Waals surface area contributed by atoms with Crippen LogP contribution in [-0.4, -0.2) is 17.9 Å². The highest BCUT2D eigenvalue weighted by atomic mass is 16.5. The van der Waals surface area contributed by atoms with Crippen molar-refractivity contribution in [3.8, 4) is 5.75 Å². The Balaban J connectivity index is 1.76. The Labute approximate surface area is 144 Å². The minimum absolute atomic E-state index is 0.130. The predicted octanol–water partition coefficient (Wildman–Crippen LogP) is 3.19. The number of amides is 2. The van der Waals surface area contributed by atoms with Gasteiger partial charge in [0.2, 0.25) is 5.91 Å². The fraction of sp³-hybridized carbons (Fsp3) is 0.579. The molecule has 1 aromatic rings. The van der Waals surface area contributed by atoms with Crippen LogP contribution >= 0.6 is 0 Å². The van der Waals surface area contributed by atoms with Crippen molar-refractivity contribution in [2.45, 2.75) is 65.4 Å². The summed E-state index contributed by atoms with van der Waals surface area (Å²) < 4.78 is 5.71. The van der Waals surface area contributed by atoms with Gasteiger partial charge in [0.1, 0.15) is 5.75 Å². The number of carbonyl (C=O) groups is 2. The molecule has 1 atom stereocenters. The number of hydrazine groups is 1. The van der Waals surface area contributed by atoms with Crippen LogP contribution in [0.25, 0.3) is 0 Å². The molecule has 0 aromatic heterocycles. The first-order valence-corrected chi connectivity index (χ1v) is 8.79. The molecular formula is C19H28N2O3. The lowest BCUT2D eigenvalue weighted by Gasteiger charge is -2.21. The van der Waals surface area contributed by atoms with E-state index < -0.39 is 6.10 Å². The SMILES string of the molecule is Cc1cccc(OC(C)C(=O)NNC(=O)CC2CCCCC2)c1C.